The molecular formula is C15H24N2O3S. The van der Waals surface area contributed by atoms with E-state index in [0.29, 0.717) is 24.8 Å². The highest BCUT2D eigenvalue weighted by molar-refractivity contribution is 7.89. The van der Waals surface area contributed by atoms with Gasteiger partial charge in [-0.2, -0.15) is 0 Å². The first-order chi connectivity index (χ1) is 10.1. The summed E-state index contributed by atoms with van der Waals surface area (Å²) in [6, 6.07) is 6.30. The number of sulfonamides is 1. The molecule has 3 N–H and O–H groups in total. The molecule has 2 rings (SSSR count). The Balaban J connectivity index is 2.09. The Morgan fingerprint density at radius 3 is 2.43 bits per heavy atom. The Bertz CT molecular complexity index is 537. The number of nitrogens with two attached hydrogens (primary N) is 1. The van der Waals surface area contributed by atoms with E-state index >= 15 is 0 Å². The highest BCUT2D eigenvalue weighted by atomic mass is 32.2. The Labute approximate surface area is 126 Å². The molecule has 1 aliphatic rings. The van der Waals surface area contributed by atoms with Crippen LogP contribution in [0.15, 0.2) is 29.2 Å². The van der Waals surface area contributed by atoms with Crippen LogP contribution in [0.1, 0.15) is 32.6 Å². The van der Waals surface area contributed by atoms with E-state index in [9.17, 15) is 8.42 Å². The molecule has 1 unspecified atom stereocenters. The zero-order chi connectivity index (χ0) is 15.3. The lowest BCUT2D eigenvalue weighted by atomic mass is 9.99. The van der Waals surface area contributed by atoms with E-state index in [4.69, 9.17) is 10.5 Å². The monoisotopic (exact) mass is 312 g/mol. The van der Waals surface area contributed by atoms with Crippen molar-refractivity contribution in [3.8, 4) is 5.75 Å². The van der Waals surface area contributed by atoms with Crippen LogP contribution in [0.3, 0.4) is 0 Å². The predicted molar refractivity (Wildman–Crippen MR) is 82.7 cm³/mol. The topological polar surface area (TPSA) is 81.4 Å². The van der Waals surface area contributed by atoms with Crippen molar-refractivity contribution in [2.24, 2.45) is 11.7 Å². The van der Waals surface area contributed by atoms with Crippen molar-refractivity contribution in [2.45, 2.75) is 43.5 Å². The molecule has 1 saturated carbocycles. The minimum atomic E-state index is -3.53. The van der Waals surface area contributed by atoms with E-state index in [0.717, 1.165) is 25.7 Å². The van der Waals surface area contributed by atoms with Crippen molar-refractivity contribution in [3.05, 3.63) is 24.3 Å². The van der Waals surface area contributed by atoms with E-state index in [-0.39, 0.29) is 10.9 Å². The number of hydrogen-bond acceptors (Lipinski definition) is 4. The molecule has 1 aromatic rings. The summed E-state index contributed by atoms with van der Waals surface area (Å²) < 4.78 is 32.9. The van der Waals surface area contributed by atoms with Crippen LogP contribution in [0, 0.1) is 5.92 Å². The number of benzene rings is 1. The molecule has 21 heavy (non-hydrogen) atoms. The molecule has 0 aliphatic heterocycles. The van der Waals surface area contributed by atoms with Crippen LogP contribution in [0.25, 0.3) is 0 Å². The highest BCUT2D eigenvalue weighted by Gasteiger charge is 2.28. The second-order valence-corrected chi connectivity index (χ2v) is 7.13. The van der Waals surface area contributed by atoms with Gasteiger partial charge in [-0.05, 0) is 49.9 Å². The molecular weight excluding hydrogens is 288 g/mol. The Morgan fingerprint density at radius 1 is 1.29 bits per heavy atom. The van der Waals surface area contributed by atoms with Gasteiger partial charge in [0.2, 0.25) is 10.0 Å². The van der Waals surface area contributed by atoms with Crippen molar-refractivity contribution >= 4 is 10.0 Å². The van der Waals surface area contributed by atoms with E-state index in [1.165, 1.54) is 0 Å². The first-order valence-corrected chi connectivity index (χ1v) is 9.00. The SMILES string of the molecule is CCOc1ccc(S(=O)(=O)NC(CN)C2CCCC2)cc1. The average molecular weight is 312 g/mol. The van der Waals surface area contributed by atoms with Crippen LogP contribution < -0.4 is 15.2 Å². The fraction of sp³-hybridized carbons (Fsp3) is 0.600. The maximum Gasteiger partial charge on any atom is 0.240 e. The van der Waals surface area contributed by atoms with Gasteiger partial charge in [0.25, 0.3) is 0 Å². The van der Waals surface area contributed by atoms with Crippen molar-refractivity contribution < 1.29 is 13.2 Å². The third-order valence-electron chi connectivity index (χ3n) is 3.97. The van der Waals surface area contributed by atoms with E-state index in [1.807, 2.05) is 6.92 Å². The normalized spacial score (nSPS) is 17.8. The van der Waals surface area contributed by atoms with Gasteiger partial charge in [0, 0.05) is 12.6 Å². The summed E-state index contributed by atoms with van der Waals surface area (Å²) in [5.41, 5.74) is 5.75. The number of nitrogens with one attached hydrogen (secondary N) is 1. The van der Waals surface area contributed by atoms with Gasteiger partial charge < -0.3 is 10.5 Å². The zero-order valence-electron chi connectivity index (χ0n) is 12.4. The third-order valence-corrected chi connectivity index (χ3v) is 5.48. The summed E-state index contributed by atoms with van der Waals surface area (Å²) in [7, 11) is -3.53. The summed E-state index contributed by atoms with van der Waals surface area (Å²) in [4.78, 5) is 0.252. The average Bonchev–Trinajstić information content (AvgIpc) is 3.00. The molecule has 1 aliphatic carbocycles. The van der Waals surface area contributed by atoms with Gasteiger partial charge in [-0.3, -0.25) is 0 Å². The smallest absolute Gasteiger partial charge is 0.240 e. The van der Waals surface area contributed by atoms with Gasteiger partial charge in [0.05, 0.1) is 11.5 Å². The molecule has 1 aromatic carbocycles. The summed E-state index contributed by atoms with van der Waals surface area (Å²) in [6.45, 7) is 2.78. The summed E-state index contributed by atoms with van der Waals surface area (Å²) >= 11 is 0. The van der Waals surface area contributed by atoms with Crippen molar-refractivity contribution in [1.29, 1.82) is 0 Å². The largest absolute Gasteiger partial charge is 0.494 e. The lowest BCUT2D eigenvalue weighted by Crippen LogP contribution is -2.44. The molecule has 0 amide bonds. The van der Waals surface area contributed by atoms with E-state index < -0.39 is 10.0 Å². The number of hydrogen-bond donors (Lipinski definition) is 2. The van der Waals surface area contributed by atoms with Crippen LogP contribution in [0.2, 0.25) is 0 Å². The van der Waals surface area contributed by atoms with Gasteiger partial charge >= 0.3 is 0 Å². The molecule has 1 atom stereocenters. The zero-order valence-corrected chi connectivity index (χ0v) is 13.2. The molecule has 0 saturated heterocycles. The number of rotatable bonds is 7. The summed E-state index contributed by atoms with van der Waals surface area (Å²) in [6.07, 6.45) is 4.42. The standard InChI is InChI=1S/C15H24N2O3S/c1-2-20-13-7-9-14(10-8-13)21(18,19)17-15(11-16)12-5-3-4-6-12/h7-10,12,15,17H,2-6,11,16H2,1H3. The second-order valence-electron chi connectivity index (χ2n) is 5.41. The maximum atomic E-state index is 12.4. The fourth-order valence-electron chi connectivity index (χ4n) is 2.85. The third kappa shape index (κ3) is 4.18. The molecule has 118 valence electrons. The molecule has 1 fully saturated rings. The molecule has 0 spiro atoms. The minimum absolute atomic E-state index is 0.177. The van der Waals surface area contributed by atoms with Crippen LogP contribution >= 0.6 is 0 Å². The van der Waals surface area contributed by atoms with E-state index in [1.54, 1.807) is 24.3 Å². The fourth-order valence-corrected chi connectivity index (χ4v) is 4.16. The van der Waals surface area contributed by atoms with Gasteiger partial charge in [0.15, 0.2) is 0 Å². The quantitative estimate of drug-likeness (QED) is 0.805. The first-order valence-electron chi connectivity index (χ1n) is 7.52. The van der Waals surface area contributed by atoms with Crippen molar-refractivity contribution in [1.82, 2.24) is 4.72 Å². The molecule has 6 heteroatoms. The van der Waals surface area contributed by atoms with Crippen molar-refractivity contribution in [2.75, 3.05) is 13.2 Å². The molecule has 0 radical (unpaired) electrons. The molecule has 5 nitrogen and oxygen atoms in total. The van der Waals surface area contributed by atoms with Crippen LogP contribution in [0.5, 0.6) is 5.75 Å². The van der Waals surface area contributed by atoms with Gasteiger partial charge in [0.1, 0.15) is 5.75 Å². The van der Waals surface area contributed by atoms with Crippen LogP contribution in [-0.2, 0) is 10.0 Å². The number of ether oxygens (including phenoxy) is 1. The predicted octanol–water partition coefficient (Wildman–Crippen LogP) is 1.88. The first kappa shape index (κ1) is 16.3. The van der Waals surface area contributed by atoms with Gasteiger partial charge in [-0.25, -0.2) is 13.1 Å². The Kier molecular flexibility index (Phi) is 5.61. The highest BCUT2D eigenvalue weighted by Crippen LogP contribution is 2.28. The Hall–Kier alpha value is -1.11. The Morgan fingerprint density at radius 2 is 1.90 bits per heavy atom. The molecule has 0 aromatic heterocycles. The van der Waals surface area contributed by atoms with Crippen molar-refractivity contribution in [3.63, 3.8) is 0 Å². The van der Waals surface area contributed by atoms with Crippen LogP contribution in [0.4, 0.5) is 0 Å². The van der Waals surface area contributed by atoms with Gasteiger partial charge in [-0.15, -0.1) is 0 Å². The lowest BCUT2D eigenvalue weighted by Gasteiger charge is -2.23. The summed E-state index contributed by atoms with van der Waals surface area (Å²) in [5.74, 6) is 1.02. The molecule has 0 bridgehead atoms. The maximum absolute atomic E-state index is 12.4. The van der Waals surface area contributed by atoms with Gasteiger partial charge in [-0.1, -0.05) is 12.8 Å². The van der Waals surface area contributed by atoms with E-state index in [2.05, 4.69) is 4.72 Å². The molecule has 0 heterocycles. The van der Waals surface area contributed by atoms with Crippen LogP contribution in [-0.4, -0.2) is 27.6 Å². The summed E-state index contributed by atoms with van der Waals surface area (Å²) in [5, 5.41) is 0. The second kappa shape index (κ2) is 7.24. The minimum Gasteiger partial charge on any atom is -0.494 e. The lowest BCUT2D eigenvalue weighted by molar-refractivity contribution is 0.340.